The number of nitrogens with one attached hydrogen (secondary N) is 2. The van der Waals surface area contributed by atoms with Gasteiger partial charge in [-0.05, 0) is 81.0 Å². The van der Waals surface area contributed by atoms with E-state index in [0.717, 1.165) is 44.1 Å². The second-order valence-corrected chi connectivity index (χ2v) is 9.56. The molecule has 2 aromatic rings. The van der Waals surface area contributed by atoms with Crippen LogP contribution in [0.15, 0.2) is 24.3 Å². The van der Waals surface area contributed by atoms with Crippen LogP contribution in [-0.2, 0) is 4.74 Å². The van der Waals surface area contributed by atoms with Gasteiger partial charge in [-0.2, -0.15) is 5.26 Å². The van der Waals surface area contributed by atoms with E-state index in [1.54, 1.807) is 12.1 Å². The largest absolute Gasteiger partial charge is 0.381 e. The Bertz CT molecular complexity index is 1020. The number of nitrogens with zero attached hydrogens (tertiary/aromatic N) is 3. The Morgan fingerprint density at radius 1 is 1.25 bits per heavy atom. The molecule has 0 spiro atoms. The molecule has 3 aliphatic rings. The van der Waals surface area contributed by atoms with Gasteiger partial charge in [0, 0.05) is 30.9 Å². The first-order valence-electron chi connectivity index (χ1n) is 11.7. The topological polar surface area (TPSA) is 82.9 Å². The molecule has 168 valence electrons. The van der Waals surface area contributed by atoms with Gasteiger partial charge in [0.15, 0.2) is 5.82 Å². The van der Waals surface area contributed by atoms with Gasteiger partial charge in [-0.3, -0.25) is 0 Å². The highest BCUT2D eigenvalue weighted by Crippen LogP contribution is 2.42. The second kappa shape index (κ2) is 9.13. The standard InChI is InChI=1S/C25H30FN5O/c1-15-22(13-27)25(31-30-24(15)17-3-2-4-19(26)10-17)29-20-11-18-14-28-23(21(18)12-20)9-16-5-7-32-8-6-16/h2-4,10,16,18,20-21,23,28H,5-9,11-12,14H2,1H3,(H,29,31)/t18-,20+,21+,23+/m1/s1. The Labute approximate surface area is 188 Å². The molecule has 2 aliphatic heterocycles. The molecule has 7 heteroatoms. The maximum Gasteiger partial charge on any atom is 0.167 e. The molecule has 32 heavy (non-hydrogen) atoms. The molecule has 5 rings (SSSR count). The molecular weight excluding hydrogens is 405 g/mol. The monoisotopic (exact) mass is 435 g/mol. The lowest BCUT2D eigenvalue weighted by Crippen LogP contribution is -2.33. The van der Waals surface area contributed by atoms with Crippen LogP contribution in [0.3, 0.4) is 0 Å². The normalized spacial score (nSPS) is 27.8. The highest BCUT2D eigenvalue weighted by Gasteiger charge is 2.44. The molecular formula is C25H30FN5O. The van der Waals surface area contributed by atoms with Crippen molar-refractivity contribution in [2.24, 2.45) is 17.8 Å². The summed E-state index contributed by atoms with van der Waals surface area (Å²) in [6, 6.07) is 9.42. The van der Waals surface area contributed by atoms with E-state index in [9.17, 15) is 9.65 Å². The van der Waals surface area contributed by atoms with Crippen LogP contribution in [-0.4, -0.2) is 42.0 Å². The summed E-state index contributed by atoms with van der Waals surface area (Å²) in [6.45, 7) is 4.73. The zero-order chi connectivity index (χ0) is 22.1. The van der Waals surface area contributed by atoms with Crippen LogP contribution in [0.2, 0.25) is 0 Å². The Morgan fingerprint density at radius 2 is 2.09 bits per heavy atom. The summed E-state index contributed by atoms with van der Waals surface area (Å²) in [6.07, 6.45) is 5.76. The number of hydrogen-bond acceptors (Lipinski definition) is 6. The average Bonchev–Trinajstić information content (AvgIpc) is 3.36. The lowest BCUT2D eigenvalue weighted by atomic mass is 9.85. The predicted octanol–water partition coefficient (Wildman–Crippen LogP) is 4.06. The number of aromatic nitrogens is 2. The van der Waals surface area contributed by atoms with Crippen molar-refractivity contribution < 1.29 is 9.13 Å². The lowest BCUT2D eigenvalue weighted by molar-refractivity contribution is 0.0594. The van der Waals surface area contributed by atoms with E-state index in [0.29, 0.717) is 46.6 Å². The summed E-state index contributed by atoms with van der Waals surface area (Å²) >= 11 is 0. The lowest BCUT2D eigenvalue weighted by Gasteiger charge is -2.27. The minimum Gasteiger partial charge on any atom is -0.381 e. The number of hydrogen-bond donors (Lipinski definition) is 2. The SMILES string of the molecule is Cc1c(-c2cccc(F)c2)nnc(N[C@H]2C[C@@H]3CN[C@@H](CC4CCOCC4)[C@H]3C2)c1C#N. The first-order valence-corrected chi connectivity index (χ1v) is 11.7. The first-order chi connectivity index (χ1) is 15.6. The molecule has 1 saturated carbocycles. The van der Waals surface area contributed by atoms with Crippen molar-refractivity contribution in [1.29, 1.82) is 5.26 Å². The highest BCUT2D eigenvalue weighted by atomic mass is 19.1. The minimum absolute atomic E-state index is 0.296. The maximum absolute atomic E-state index is 13.7. The molecule has 0 bridgehead atoms. The highest BCUT2D eigenvalue weighted by molar-refractivity contribution is 5.69. The molecule has 1 aliphatic carbocycles. The van der Waals surface area contributed by atoms with Crippen LogP contribution in [0, 0.1) is 41.8 Å². The number of nitriles is 1. The summed E-state index contributed by atoms with van der Waals surface area (Å²) in [4.78, 5) is 0. The van der Waals surface area contributed by atoms with Gasteiger partial charge in [-0.25, -0.2) is 4.39 Å². The Balaban J connectivity index is 1.28. The van der Waals surface area contributed by atoms with Crippen molar-refractivity contribution in [2.45, 2.75) is 51.1 Å². The second-order valence-electron chi connectivity index (χ2n) is 9.56. The van der Waals surface area contributed by atoms with Crippen molar-refractivity contribution in [3.63, 3.8) is 0 Å². The van der Waals surface area contributed by atoms with Crippen molar-refractivity contribution in [1.82, 2.24) is 15.5 Å². The Kier molecular flexibility index (Phi) is 6.07. The summed E-state index contributed by atoms with van der Waals surface area (Å²) < 4.78 is 19.2. The smallest absolute Gasteiger partial charge is 0.167 e. The zero-order valence-corrected chi connectivity index (χ0v) is 18.5. The van der Waals surface area contributed by atoms with Crippen LogP contribution in [0.25, 0.3) is 11.3 Å². The predicted molar refractivity (Wildman–Crippen MR) is 120 cm³/mol. The van der Waals surface area contributed by atoms with Gasteiger partial charge in [0.05, 0.1) is 5.69 Å². The van der Waals surface area contributed by atoms with Crippen LogP contribution in [0.1, 0.15) is 43.2 Å². The Hall–Kier alpha value is -2.56. The molecule has 2 N–H and O–H groups in total. The fraction of sp³-hybridized carbons (Fsp3) is 0.560. The van der Waals surface area contributed by atoms with Crippen LogP contribution in [0.4, 0.5) is 10.2 Å². The van der Waals surface area contributed by atoms with Gasteiger partial charge < -0.3 is 15.4 Å². The molecule has 0 unspecified atom stereocenters. The minimum atomic E-state index is -0.328. The van der Waals surface area contributed by atoms with Gasteiger partial charge in [-0.1, -0.05) is 12.1 Å². The molecule has 0 radical (unpaired) electrons. The van der Waals surface area contributed by atoms with E-state index < -0.39 is 0 Å². The van der Waals surface area contributed by atoms with Gasteiger partial charge in [0.2, 0.25) is 0 Å². The summed E-state index contributed by atoms with van der Waals surface area (Å²) in [7, 11) is 0. The van der Waals surface area contributed by atoms with Crippen molar-refractivity contribution in [2.75, 3.05) is 25.1 Å². The number of benzene rings is 1. The molecule has 3 heterocycles. The quantitative estimate of drug-likeness (QED) is 0.737. The zero-order valence-electron chi connectivity index (χ0n) is 18.5. The van der Waals surface area contributed by atoms with E-state index in [1.807, 2.05) is 6.92 Å². The van der Waals surface area contributed by atoms with Gasteiger partial charge in [-0.15, -0.1) is 10.2 Å². The summed E-state index contributed by atoms with van der Waals surface area (Å²) in [5.74, 6) is 2.32. The number of anilines is 1. The van der Waals surface area contributed by atoms with Crippen LogP contribution in [0.5, 0.6) is 0 Å². The van der Waals surface area contributed by atoms with E-state index in [2.05, 4.69) is 26.9 Å². The number of halogens is 1. The summed E-state index contributed by atoms with van der Waals surface area (Å²) in [5.41, 5.74) is 2.41. The van der Waals surface area contributed by atoms with Crippen LogP contribution >= 0.6 is 0 Å². The molecule has 2 saturated heterocycles. The van der Waals surface area contributed by atoms with Crippen LogP contribution < -0.4 is 10.6 Å². The average molecular weight is 436 g/mol. The third-order valence-electron chi connectivity index (χ3n) is 7.60. The third-order valence-corrected chi connectivity index (χ3v) is 7.60. The van der Waals surface area contributed by atoms with Gasteiger partial charge >= 0.3 is 0 Å². The fourth-order valence-corrected chi connectivity index (χ4v) is 5.92. The van der Waals surface area contributed by atoms with Gasteiger partial charge in [0.25, 0.3) is 0 Å². The number of ether oxygens (including phenoxy) is 1. The maximum atomic E-state index is 13.7. The summed E-state index contributed by atoms with van der Waals surface area (Å²) in [5, 5.41) is 25.8. The third kappa shape index (κ3) is 4.22. The molecule has 1 aromatic heterocycles. The molecule has 0 amide bonds. The van der Waals surface area contributed by atoms with E-state index in [4.69, 9.17) is 4.74 Å². The van der Waals surface area contributed by atoms with E-state index >= 15 is 0 Å². The van der Waals surface area contributed by atoms with Crippen molar-refractivity contribution >= 4 is 5.82 Å². The molecule has 1 aromatic carbocycles. The van der Waals surface area contributed by atoms with Crippen molar-refractivity contribution in [3.05, 3.63) is 41.2 Å². The van der Waals surface area contributed by atoms with E-state index in [-0.39, 0.29) is 5.82 Å². The number of fused-ring (bicyclic) bond motifs is 1. The molecule has 3 fully saturated rings. The Morgan fingerprint density at radius 3 is 2.88 bits per heavy atom. The molecule has 4 atom stereocenters. The molecule has 6 nitrogen and oxygen atoms in total. The van der Waals surface area contributed by atoms with E-state index in [1.165, 1.54) is 31.4 Å². The van der Waals surface area contributed by atoms with Gasteiger partial charge in [0.1, 0.15) is 17.4 Å². The first kappa shape index (κ1) is 21.3. The fourth-order valence-electron chi connectivity index (χ4n) is 5.92. The number of rotatable bonds is 5. The van der Waals surface area contributed by atoms with Crippen molar-refractivity contribution in [3.8, 4) is 17.3 Å².